The van der Waals surface area contributed by atoms with Crippen LogP contribution in [0.1, 0.15) is 35.2 Å². The second-order valence-electron chi connectivity index (χ2n) is 6.65. The zero-order valence-electron chi connectivity index (χ0n) is 15.0. The van der Waals surface area contributed by atoms with E-state index >= 15 is 0 Å². The van der Waals surface area contributed by atoms with E-state index in [9.17, 15) is 9.59 Å². The van der Waals surface area contributed by atoms with Gasteiger partial charge in [0.25, 0.3) is 0 Å². The van der Waals surface area contributed by atoms with Crippen LogP contribution in [0.5, 0.6) is 0 Å². The Balaban J connectivity index is 1.84. The Labute approximate surface area is 159 Å². The number of likely N-dealkylation sites (tertiary alicyclic amines) is 1. The minimum atomic E-state index is -0.138. The molecule has 0 bridgehead atoms. The lowest BCUT2D eigenvalue weighted by Gasteiger charge is -2.28. The Hall–Kier alpha value is -2.17. The van der Waals surface area contributed by atoms with Gasteiger partial charge in [0.15, 0.2) is 5.78 Å². The predicted octanol–water partition coefficient (Wildman–Crippen LogP) is 4.02. The number of likely N-dealkylation sites (N-methyl/N-ethyl adjacent to an activating group) is 1. The van der Waals surface area contributed by atoms with E-state index in [1.807, 2.05) is 18.2 Å². The third-order valence-corrected chi connectivity index (χ3v) is 5.02. The van der Waals surface area contributed by atoms with Crippen LogP contribution < -0.4 is 4.90 Å². The van der Waals surface area contributed by atoms with Gasteiger partial charge in [0.2, 0.25) is 5.91 Å². The maximum atomic E-state index is 12.9. The summed E-state index contributed by atoms with van der Waals surface area (Å²) in [6.07, 6.45) is 3.50. The van der Waals surface area contributed by atoms with Crippen LogP contribution >= 0.6 is 11.6 Å². The topological polar surface area (TPSA) is 40.6 Å². The predicted molar refractivity (Wildman–Crippen MR) is 105 cm³/mol. The molecule has 0 aromatic heterocycles. The third-order valence-electron chi connectivity index (χ3n) is 4.78. The molecule has 0 N–H and O–H groups in total. The number of ketones is 1. The fourth-order valence-corrected chi connectivity index (χ4v) is 3.45. The molecule has 0 saturated carbocycles. The fourth-order valence-electron chi connectivity index (χ4n) is 3.28. The summed E-state index contributed by atoms with van der Waals surface area (Å²) in [4.78, 5) is 29.4. The van der Waals surface area contributed by atoms with Crippen molar-refractivity contribution in [2.45, 2.75) is 19.3 Å². The van der Waals surface area contributed by atoms with Crippen LogP contribution in [-0.2, 0) is 4.79 Å². The van der Waals surface area contributed by atoms with E-state index in [1.165, 1.54) is 6.42 Å². The molecule has 1 heterocycles. The number of halogens is 1. The number of amides is 1. The minimum absolute atomic E-state index is 0.0173. The normalized spacial score (nSPS) is 14.8. The molecule has 26 heavy (non-hydrogen) atoms. The van der Waals surface area contributed by atoms with Crippen molar-refractivity contribution in [3.05, 3.63) is 64.7 Å². The molecule has 0 atom stereocenters. The maximum absolute atomic E-state index is 12.9. The molecule has 0 aliphatic carbocycles. The van der Waals surface area contributed by atoms with E-state index in [1.54, 1.807) is 42.3 Å². The Morgan fingerprint density at radius 3 is 2.42 bits per heavy atom. The van der Waals surface area contributed by atoms with Crippen LogP contribution in [0.15, 0.2) is 48.5 Å². The van der Waals surface area contributed by atoms with Gasteiger partial charge < -0.3 is 4.90 Å². The molecule has 1 fully saturated rings. The van der Waals surface area contributed by atoms with Crippen molar-refractivity contribution in [3.63, 3.8) is 0 Å². The van der Waals surface area contributed by atoms with Crippen molar-refractivity contribution < 1.29 is 9.59 Å². The van der Waals surface area contributed by atoms with Crippen LogP contribution in [0.2, 0.25) is 5.02 Å². The number of carbonyl (C=O) groups is 2. The first-order valence-electron chi connectivity index (χ1n) is 8.94. The van der Waals surface area contributed by atoms with Crippen LogP contribution in [0, 0.1) is 0 Å². The van der Waals surface area contributed by atoms with Crippen molar-refractivity contribution in [2.24, 2.45) is 0 Å². The molecule has 2 aromatic carbocycles. The molecule has 1 aliphatic rings. The standard InChI is InChI=1S/C21H23ClN2O2/c1-23(20(25)15-24-12-6-3-7-13-24)19-11-10-17(22)14-18(19)21(26)16-8-4-2-5-9-16/h2,4-5,8-11,14H,3,6-7,12-13,15H2,1H3. The molecule has 0 spiro atoms. The fraction of sp³-hybridized carbons (Fsp3) is 0.333. The van der Waals surface area contributed by atoms with Crippen molar-refractivity contribution >= 4 is 29.0 Å². The molecule has 1 saturated heterocycles. The summed E-state index contributed by atoms with van der Waals surface area (Å²) in [5, 5.41) is 0.477. The number of hydrogen-bond donors (Lipinski definition) is 0. The highest BCUT2D eigenvalue weighted by molar-refractivity contribution is 6.31. The summed E-state index contributed by atoms with van der Waals surface area (Å²) in [6.45, 7) is 2.28. The first-order valence-corrected chi connectivity index (χ1v) is 9.32. The van der Waals surface area contributed by atoms with E-state index in [0.717, 1.165) is 25.9 Å². The molecule has 3 rings (SSSR count). The van der Waals surface area contributed by atoms with Gasteiger partial charge in [0.1, 0.15) is 0 Å². The van der Waals surface area contributed by atoms with E-state index in [-0.39, 0.29) is 11.7 Å². The zero-order chi connectivity index (χ0) is 18.5. The summed E-state index contributed by atoms with van der Waals surface area (Å²) in [7, 11) is 1.72. The van der Waals surface area contributed by atoms with Crippen molar-refractivity contribution in [1.29, 1.82) is 0 Å². The average Bonchev–Trinajstić information content (AvgIpc) is 2.68. The second kappa shape index (κ2) is 8.47. The Morgan fingerprint density at radius 2 is 1.73 bits per heavy atom. The van der Waals surface area contributed by atoms with Crippen LogP contribution in [-0.4, -0.2) is 43.3 Å². The Kier molecular flexibility index (Phi) is 6.07. The Morgan fingerprint density at radius 1 is 1.04 bits per heavy atom. The van der Waals surface area contributed by atoms with Crippen molar-refractivity contribution in [3.8, 4) is 0 Å². The van der Waals surface area contributed by atoms with Crippen LogP contribution in [0.25, 0.3) is 0 Å². The number of nitrogens with zero attached hydrogens (tertiary/aromatic N) is 2. The number of hydrogen-bond acceptors (Lipinski definition) is 3. The minimum Gasteiger partial charge on any atom is -0.314 e. The third kappa shape index (κ3) is 4.32. The van der Waals surface area contributed by atoms with Gasteiger partial charge in [-0.2, -0.15) is 0 Å². The highest BCUT2D eigenvalue weighted by Crippen LogP contribution is 2.26. The lowest BCUT2D eigenvalue weighted by molar-refractivity contribution is -0.119. The second-order valence-corrected chi connectivity index (χ2v) is 7.08. The van der Waals surface area contributed by atoms with E-state index in [4.69, 9.17) is 11.6 Å². The molecule has 0 radical (unpaired) electrons. The molecular weight excluding hydrogens is 348 g/mol. The molecule has 4 nitrogen and oxygen atoms in total. The van der Waals surface area contributed by atoms with Gasteiger partial charge in [-0.15, -0.1) is 0 Å². The number of benzene rings is 2. The molecular formula is C21H23ClN2O2. The van der Waals surface area contributed by atoms with Gasteiger partial charge in [0.05, 0.1) is 12.2 Å². The highest BCUT2D eigenvalue weighted by atomic mass is 35.5. The summed E-state index contributed by atoms with van der Waals surface area (Å²) in [5.41, 5.74) is 1.61. The van der Waals surface area contributed by atoms with Gasteiger partial charge >= 0.3 is 0 Å². The lowest BCUT2D eigenvalue weighted by Crippen LogP contribution is -2.41. The maximum Gasteiger partial charge on any atom is 0.240 e. The van der Waals surface area contributed by atoms with Gasteiger partial charge in [-0.3, -0.25) is 14.5 Å². The zero-order valence-corrected chi connectivity index (χ0v) is 15.7. The smallest absolute Gasteiger partial charge is 0.240 e. The van der Waals surface area contributed by atoms with E-state index in [0.29, 0.717) is 28.4 Å². The van der Waals surface area contributed by atoms with E-state index in [2.05, 4.69) is 4.90 Å². The monoisotopic (exact) mass is 370 g/mol. The molecule has 1 aliphatic heterocycles. The largest absolute Gasteiger partial charge is 0.314 e. The first-order chi connectivity index (χ1) is 12.6. The van der Waals surface area contributed by atoms with Gasteiger partial charge in [-0.25, -0.2) is 0 Å². The number of anilines is 1. The van der Waals surface area contributed by atoms with Gasteiger partial charge in [0, 0.05) is 23.2 Å². The summed E-state index contributed by atoms with van der Waals surface area (Å²) in [6, 6.07) is 14.1. The van der Waals surface area contributed by atoms with Gasteiger partial charge in [-0.05, 0) is 44.1 Å². The lowest BCUT2D eigenvalue weighted by atomic mass is 10.0. The summed E-state index contributed by atoms with van der Waals surface area (Å²) < 4.78 is 0. The number of piperidine rings is 1. The van der Waals surface area contributed by atoms with Crippen LogP contribution in [0.4, 0.5) is 5.69 Å². The van der Waals surface area contributed by atoms with E-state index < -0.39 is 0 Å². The SMILES string of the molecule is CN(C(=O)CN1CCCCC1)c1ccc(Cl)cc1C(=O)c1ccccc1. The average molecular weight is 371 g/mol. The van der Waals surface area contributed by atoms with Crippen molar-refractivity contribution in [1.82, 2.24) is 4.90 Å². The molecule has 136 valence electrons. The van der Waals surface area contributed by atoms with Gasteiger partial charge in [-0.1, -0.05) is 48.4 Å². The number of carbonyl (C=O) groups excluding carboxylic acids is 2. The quantitative estimate of drug-likeness (QED) is 0.746. The molecule has 2 aromatic rings. The molecule has 0 unspecified atom stereocenters. The van der Waals surface area contributed by atoms with Crippen LogP contribution in [0.3, 0.4) is 0 Å². The molecule has 5 heteroatoms. The first kappa shape index (κ1) is 18.6. The molecule has 1 amide bonds. The summed E-state index contributed by atoms with van der Waals surface area (Å²) >= 11 is 6.12. The summed E-state index contributed by atoms with van der Waals surface area (Å²) in [5.74, 6) is -0.156. The highest BCUT2D eigenvalue weighted by Gasteiger charge is 2.22. The number of rotatable bonds is 5. The Bertz CT molecular complexity index is 786. The van der Waals surface area contributed by atoms with Crippen molar-refractivity contribution in [2.75, 3.05) is 31.6 Å².